The van der Waals surface area contributed by atoms with Gasteiger partial charge in [0.05, 0.1) is 0 Å². The lowest BCUT2D eigenvalue weighted by Gasteiger charge is -2.19. The van der Waals surface area contributed by atoms with Crippen molar-refractivity contribution in [1.29, 1.82) is 0 Å². The van der Waals surface area contributed by atoms with Crippen LogP contribution in [0.5, 0.6) is 0 Å². The van der Waals surface area contributed by atoms with Crippen molar-refractivity contribution in [3.05, 3.63) is 23.8 Å². The second-order valence-electron chi connectivity index (χ2n) is 4.66. The number of fused-ring (bicyclic) bond motifs is 1. The van der Waals surface area contributed by atoms with E-state index in [-0.39, 0.29) is 0 Å². The smallest absolute Gasteiger partial charge is 0.265 e. The summed E-state index contributed by atoms with van der Waals surface area (Å²) in [6.07, 6.45) is 2.19. The minimum atomic E-state index is 0.597. The van der Waals surface area contributed by atoms with E-state index >= 15 is 0 Å². The van der Waals surface area contributed by atoms with Crippen LogP contribution in [0.1, 0.15) is 12.0 Å². The first kappa shape index (κ1) is 11.1. The summed E-state index contributed by atoms with van der Waals surface area (Å²) in [6, 6.07) is 6.16. The Morgan fingerprint density at radius 1 is 1.33 bits per heavy atom. The average molecular weight is 244 g/mol. The van der Waals surface area contributed by atoms with Crippen molar-refractivity contribution >= 4 is 11.6 Å². The first-order chi connectivity index (χ1) is 8.75. The Labute approximate surface area is 106 Å². The summed E-state index contributed by atoms with van der Waals surface area (Å²) < 4.78 is 5.35. The van der Waals surface area contributed by atoms with Gasteiger partial charge in [0.25, 0.3) is 11.8 Å². The molecule has 2 aromatic rings. The van der Waals surface area contributed by atoms with Crippen LogP contribution in [-0.2, 0) is 6.42 Å². The van der Waals surface area contributed by atoms with Crippen LogP contribution in [0.15, 0.2) is 22.7 Å². The van der Waals surface area contributed by atoms with Gasteiger partial charge in [-0.2, -0.15) is 4.98 Å². The van der Waals surface area contributed by atoms with Crippen molar-refractivity contribution < 1.29 is 4.52 Å². The standard InChI is InChI=1S/C13H16N4O/c1-17(2)13-15-12(18-16-13)10-5-3-7-11-9(10)6-4-8-14-11/h3,5,7,14H,4,6,8H2,1-2H3. The number of rotatable bonds is 2. The lowest BCUT2D eigenvalue weighted by molar-refractivity contribution is 0.430. The second-order valence-corrected chi connectivity index (χ2v) is 4.66. The van der Waals surface area contributed by atoms with Gasteiger partial charge in [-0.25, -0.2) is 0 Å². The molecule has 0 radical (unpaired) electrons. The van der Waals surface area contributed by atoms with Crippen molar-refractivity contribution in [1.82, 2.24) is 10.1 Å². The zero-order valence-electron chi connectivity index (χ0n) is 10.6. The molecule has 0 spiro atoms. The van der Waals surface area contributed by atoms with E-state index in [4.69, 9.17) is 4.52 Å². The third-order valence-electron chi connectivity index (χ3n) is 3.14. The molecule has 0 bridgehead atoms. The van der Waals surface area contributed by atoms with Crippen LogP contribution in [0.4, 0.5) is 11.6 Å². The lowest BCUT2D eigenvalue weighted by Crippen LogP contribution is -2.12. The van der Waals surface area contributed by atoms with Gasteiger partial charge >= 0.3 is 0 Å². The van der Waals surface area contributed by atoms with Gasteiger partial charge < -0.3 is 14.7 Å². The molecule has 3 rings (SSSR count). The van der Waals surface area contributed by atoms with Crippen LogP contribution in [0.25, 0.3) is 11.5 Å². The molecule has 1 aromatic heterocycles. The van der Waals surface area contributed by atoms with Gasteiger partial charge in [-0.1, -0.05) is 6.07 Å². The highest BCUT2D eigenvalue weighted by Gasteiger charge is 2.18. The van der Waals surface area contributed by atoms with E-state index in [1.54, 1.807) is 0 Å². The van der Waals surface area contributed by atoms with Gasteiger partial charge in [-0.3, -0.25) is 0 Å². The molecular weight excluding hydrogens is 228 g/mol. The molecule has 0 atom stereocenters. The van der Waals surface area contributed by atoms with Crippen LogP contribution in [0.2, 0.25) is 0 Å². The van der Waals surface area contributed by atoms with E-state index in [0.29, 0.717) is 11.8 Å². The molecule has 0 saturated carbocycles. The number of nitrogens with one attached hydrogen (secondary N) is 1. The molecule has 0 unspecified atom stereocenters. The first-order valence-corrected chi connectivity index (χ1v) is 6.13. The summed E-state index contributed by atoms with van der Waals surface area (Å²) in [7, 11) is 3.80. The summed E-state index contributed by atoms with van der Waals surface area (Å²) in [6.45, 7) is 1.03. The van der Waals surface area contributed by atoms with Crippen molar-refractivity contribution in [3.63, 3.8) is 0 Å². The van der Waals surface area contributed by atoms with Gasteiger partial charge in [-0.05, 0) is 35.7 Å². The van der Waals surface area contributed by atoms with E-state index < -0.39 is 0 Å². The Morgan fingerprint density at radius 2 is 2.22 bits per heavy atom. The summed E-state index contributed by atoms with van der Waals surface area (Å²) >= 11 is 0. The molecule has 1 aromatic carbocycles. The van der Waals surface area contributed by atoms with Crippen molar-refractivity contribution in [2.75, 3.05) is 30.9 Å². The summed E-state index contributed by atoms with van der Waals surface area (Å²) in [4.78, 5) is 6.24. The monoisotopic (exact) mass is 244 g/mol. The molecule has 5 heteroatoms. The van der Waals surface area contributed by atoms with Gasteiger partial charge in [0.15, 0.2) is 0 Å². The highest BCUT2D eigenvalue weighted by atomic mass is 16.5. The van der Waals surface area contributed by atoms with E-state index in [9.17, 15) is 0 Å². The molecule has 2 heterocycles. The van der Waals surface area contributed by atoms with E-state index in [2.05, 4.69) is 21.5 Å². The molecule has 18 heavy (non-hydrogen) atoms. The zero-order valence-corrected chi connectivity index (χ0v) is 10.6. The van der Waals surface area contributed by atoms with Gasteiger partial charge in [-0.15, -0.1) is 0 Å². The number of anilines is 2. The largest absolute Gasteiger partial charge is 0.385 e. The van der Waals surface area contributed by atoms with Crippen molar-refractivity contribution in [3.8, 4) is 11.5 Å². The van der Waals surface area contributed by atoms with Gasteiger partial charge in [0, 0.05) is 31.9 Å². The van der Waals surface area contributed by atoms with Crippen molar-refractivity contribution in [2.24, 2.45) is 0 Å². The Balaban J connectivity index is 2.05. The Kier molecular flexibility index (Phi) is 2.66. The first-order valence-electron chi connectivity index (χ1n) is 6.13. The Hall–Kier alpha value is -2.04. The van der Waals surface area contributed by atoms with Crippen LogP contribution in [-0.4, -0.2) is 30.8 Å². The number of nitrogens with zero attached hydrogens (tertiary/aromatic N) is 3. The molecule has 5 nitrogen and oxygen atoms in total. The van der Waals surface area contributed by atoms with Crippen LogP contribution < -0.4 is 10.2 Å². The molecule has 1 N–H and O–H groups in total. The lowest BCUT2D eigenvalue weighted by atomic mass is 9.97. The second kappa shape index (κ2) is 4.33. The normalized spacial score (nSPS) is 13.9. The van der Waals surface area contributed by atoms with E-state index in [1.165, 1.54) is 11.3 Å². The van der Waals surface area contributed by atoms with Gasteiger partial charge in [0.2, 0.25) is 0 Å². The molecule has 94 valence electrons. The summed E-state index contributed by atoms with van der Waals surface area (Å²) in [5, 5.41) is 7.36. The number of hydrogen-bond donors (Lipinski definition) is 1. The predicted octanol–water partition coefficient (Wildman–Crippen LogP) is 2.16. The summed E-state index contributed by atoms with van der Waals surface area (Å²) in [5.41, 5.74) is 3.50. The molecule has 1 aliphatic rings. The predicted molar refractivity (Wildman–Crippen MR) is 70.9 cm³/mol. The minimum absolute atomic E-state index is 0.597. The highest BCUT2D eigenvalue weighted by Crippen LogP contribution is 2.32. The number of benzene rings is 1. The molecule has 0 fully saturated rings. The highest BCUT2D eigenvalue weighted by molar-refractivity contribution is 5.70. The maximum absolute atomic E-state index is 5.35. The minimum Gasteiger partial charge on any atom is -0.385 e. The third kappa shape index (κ3) is 1.81. The zero-order chi connectivity index (χ0) is 12.5. The quantitative estimate of drug-likeness (QED) is 0.877. The van der Waals surface area contributed by atoms with Crippen LogP contribution >= 0.6 is 0 Å². The third-order valence-corrected chi connectivity index (χ3v) is 3.14. The SMILES string of the molecule is CN(C)c1noc(-c2cccc3c2CCCN3)n1. The molecule has 1 aliphatic heterocycles. The van der Waals surface area contributed by atoms with Crippen LogP contribution in [0, 0.1) is 0 Å². The number of hydrogen-bond acceptors (Lipinski definition) is 5. The Morgan fingerprint density at radius 3 is 3.00 bits per heavy atom. The molecule has 0 aliphatic carbocycles. The fourth-order valence-electron chi connectivity index (χ4n) is 2.22. The molecular formula is C13H16N4O. The maximum atomic E-state index is 5.35. The Bertz CT molecular complexity index is 562. The fourth-order valence-corrected chi connectivity index (χ4v) is 2.22. The van der Waals surface area contributed by atoms with Crippen LogP contribution in [0.3, 0.4) is 0 Å². The average Bonchev–Trinajstić information content (AvgIpc) is 2.87. The van der Waals surface area contributed by atoms with E-state index in [0.717, 1.165) is 24.9 Å². The topological polar surface area (TPSA) is 54.2 Å². The molecule has 0 amide bonds. The number of aromatic nitrogens is 2. The fraction of sp³-hybridized carbons (Fsp3) is 0.385. The molecule has 0 saturated heterocycles. The van der Waals surface area contributed by atoms with E-state index in [1.807, 2.05) is 31.1 Å². The summed E-state index contributed by atoms with van der Waals surface area (Å²) in [5.74, 6) is 1.20. The van der Waals surface area contributed by atoms with Gasteiger partial charge in [0.1, 0.15) is 0 Å². The maximum Gasteiger partial charge on any atom is 0.265 e. The van der Waals surface area contributed by atoms with Crippen molar-refractivity contribution in [2.45, 2.75) is 12.8 Å².